The number of halogens is 1. The van der Waals surface area contributed by atoms with Crippen molar-refractivity contribution in [1.29, 1.82) is 0 Å². The Bertz CT molecular complexity index is 323. The molecular weight excluding hydrogens is 281 g/mol. The summed E-state index contributed by atoms with van der Waals surface area (Å²) in [7, 11) is 0. The summed E-state index contributed by atoms with van der Waals surface area (Å²) in [6, 6.07) is 8.05. The van der Waals surface area contributed by atoms with Gasteiger partial charge in [0.15, 0.2) is 0 Å². The summed E-state index contributed by atoms with van der Waals surface area (Å²) in [5.41, 5.74) is 1.09. The van der Waals surface area contributed by atoms with Crippen LogP contribution in [-0.2, 0) is 4.74 Å². The Kier molecular flexibility index (Phi) is 2.39. The fraction of sp³-hybridized carbons (Fsp3) is 0.222. The minimum atomic E-state index is -0.330. The van der Waals surface area contributed by atoms with Crippen molar-refractivity contribution in [3.05, 3.63) is 33.4 Å². The number of alkyl carbamates (subject to hydrolysis) is 1. The fourth-order valence-corrected chi connectivity index (χ4v) is 1.62. The zero-order chi connectivity index (χ0) is 9.26. The number of hydrogen-bond donors (Lipinski definition) is 1. The van der Waals surface area contributed by atoms with E-state index in [1.165, 1.54) is 3.57 Å². The second-order valence-electron chi connectivity index (χ2n) is 2.85. The van der Waals surface area contributed by atoms with Crippen LogP contribution in [0.1, 0.15) is 11.6 Å². The van der Waals surface area contributed by atoms with Crippen molar-refractivity contribution in [2.45, 2.75) is 6.04 Å². The van der Waals surface area contributed by atoms with E-state index in [-0.39, 0.29) is 12.1 Å². The van der Waals surface area contributed by atoms with Gasteiger partial charge in [-0.15, -0.1) is 0 Å². The molecule has 1 aromatic carbocycles. The standard InChI is InChI=1S/C9H8INO2/c10-7-3-1-6(2-4-7)8-5-13-9(12)11-8/h1-4,8H,5H2,(H,11,12)/t8-/m0/s1. The molecule has 0 unspecified atom stereocenters. The zero-order valence-corrected chi connectivity index (χ0v) is 8.95. The third kappa shape index (κ3) is 1.93. The van der Waals surface area contributed by atoms with Gasteiger partial charge in [0.25, 0.3) is 0 Å². The molecule has 1 amide bonds. The maximum atomic E-state index is 10.8. The molecule has 1 aliphatic heterocycles. The van der Waals surface area contributed by atoms with E-state index in [0.29, 0.717) is 6.61 Å². The van der Waals surface area contributed by atoms with Crippen molar-refractivity contribution in [3.8, 4) is 0 Å². The Morgan fingerprint density at radius 1 is 1.38 bits per heavy atom. The van der Waals surface area contributed by atoms with Crippen LogP contribution in [0.2, 0.25) is 0 Å². The molecule has 1 saturated heterocycles. The summed E-state index contributed by atoms with van der Waals surface area (Å²) in [5.74, 6) is 0. The number of carbonyl (C=O) groups excluding carboxylic acids is 1. The Labute approximate surface area is 89.6 Å². The van der Waals surface area contributed by atoms with Gasteiger partial charge in [-0.1, -0.05) is 12.1 Å². The number of hydrogen-bond acceptors (Lipinski definition) is 2. The lowest BCUT2D eigenvalue weighted by Crippen LogP contribution is -2.18. The van der Waals surface area contributed by atoms with Crippen molar-refractivity contribution in [2.24, 2.45) is 0 Å². The van der Waals surface area contributed by atoms with Gasteiger partial charge < -0.3 is 10.1 Å². The van der Waals surface area contributed by atoms with Crippen LogP contribution < -0.4 is 5.32 Å². The molecule has 1 heterocycles. The van der Waals surface area contributed by atoms with E-state index in [9.17, 15) is 4.79 Å². The first-order valence-corrected chi connectivity index (χ1v) is 5.02. The van der Waals surface area contributed by atoms with Gasteiger partial charge in [-0.25, -0.2) is 4.79 Å². The molecule has 0 aliphatic carbocycles. The number of cyclic esters (lactones) is 1. The normalized spacial score (nSPS) is 21.0. The highest BCUT2D eigenvalue weighted by Gasteiger charge is 2.23. The molecule has 13 heavy (non-hydrogen) atoms. The Morgan fingerprint density at radius 2 is 2.08 bits per heavy atom. The molecule has 0 aromatic heterocycles. The molecule has 68 valence electrons. The van der Waals surface area contributed by atoms with Crippen molar-refractivity contribution in [1.82, 2.24) is 5.32 Å². The fourth-order valence-electron chi connectivity index (χ4n) is 1.26. The molecule has 0 saturated carbocycles. The third-order valence-corrected chi connectivity index (χ3v) is 2.66. The van der Waals surface area contributed by atoms with Crippen LogP contribution in [0.4, 0.5) is 4.79 Å². The van der Waals surface area contributed by atoms with Crippen molar-refractivity contribution < 1.29 is 9.53 Å². The Morgan fingerprint density at radius 3 is 2.62 bits per heavy atom. The van der Waals surface area contributed by atoms with Crippen LogP contribution >= 0.6 is 22.6 Å². The van der Waals surface area contributed by atoms with Crippen LogP contribution in [0.25, 0.3) is 0 Å². The van der Waals surface area contributed by atoms with Gasteiger partial charge in [-0.3, -0.25) is 0 Å². The van der Waals surface area contributed by atoms with Gasteiger partial charge in [-0.05, 0) is 40.3 Å². The lowest BCUT2D eigenvalue weighted by molar-refractivity contribution is 0.177. The van der Waals surface area contributed by atoms with Crippen molar-refractivity contribution >= 4 is 28.7 Å². The highest BCUT2D eigenvalue weighted by molar-refractivity contribution is 14.1. The number of benzene rings is 1. The third-order valence-electron chi connectivity index (χ3n) is 1.95. The number of ether oxygens (including phenoxy) is 1. The van der Waals surface area contributed by atoms with Crippen molar-refractivity contribution in [3.63, 3.8) is 0 Å². The van der Waals surface area contributed by atoms with Crippen molar-refractivity contribution in [2.75, 3.05) is 6.61 Å². The van der Waals surface area contributed by atoms with Crippen LogP contribution in [0.15, 0.2) is 24.3 Å². The lowest BCUT2D eigenvalue weighted by atomic mass is 10.1. The topological polar surface area (TPSA) is 38.3 Å². The number of carbonyl (C=O) groups is 1. The molecular formula is C9H8INO2. The largest absolute Gasteiger partial charge is 0.447 e. The maximum absolute atomic E-state index is 10.8. The summed E-state index contributed by atoms with van der Waals surface area (Å²) >= 11 is 2.25. The van der Waals surface area contributed by atoms with E-state index in [4.69, 9.17) is 4.74 Å². The predicted molar refractivity (Wildman–Crippen MR) is 56.4 cm³/mol. The average molecular weight is 289 g/mol. The lowest BCUT2D eigenvalue weighted by Gasteiger charge is -2.06. The van der Waals surface area contributed by atoms with E-state index >= 15 is 0 Å². The van der Waals surface area contributed by atoms with Crippen LogP contribution in [0, 0.1) is 3.57 Å². The molecule has 0 radical (unpaired) electrons. The van der Waals surface area contributed by atoms with E-state index in [1.807, 2.05) is 24.3 Å². The summed E-state index contributed by atoms with van der Waals surface area (Å²) in [6.45, 7) is 0.430. The molecule has 1 fully saturated rings. The average Bonchev–Trinajstić information content (AvgIpc) is 2.53. The molecule has 0 spiro atoms. The smallest absolute Gasteiger partial charge is 0.407 e. The molecule has 1 N–H and O–H groups in total. The maximum Gasteiger partial charge on any atom is 0.407 e. The number of rotatable bonds is 1. The number of amides is 1. The molecule has 1 aliphatic rings. The summed E-state index contributed by atoms with van der Waals surface area (Å²) in [6.07, 6.45) is -0.330. The molecule has 1 aromatic rings. The molecule has 0 bridgehead atoms. The Balaban J connectivity index is 2.17. The number of nitrogens with one attached hydrogen (secondary N) is 1. The van der Waals surface area contributed by atoms with Gasteiger partial charge in [0, 0.05) is 3.57 Å². The van der Waals surface area contributed by atoms with Gasteiger partial charge >= 0.3 is 6.09 Å². The Hall–Kier alpha value is -0.780. The molecule has 4 heteroatoms. The molecule has 1 atom stereocenters. The molecule has 3 nitrogen and oxygen atoms in total. The highest BCUT2D eigenvalue weighted by Crippen LogP contribution is 2.18. The van der Waals surface area contributed by atoms with E-state index in [0.717, 1.165) is 5.56 Å². The quantitative estimate of drug-likeness (QED) is 0.804. The second kappa shape index (κ2) is 3.53. The SMILES string of the molecule is O=C1N[C@H](c2ccc(I)cc2)CO1. The first kappa shape index (κ1) is 8.80. The summed E-state index contributed by atoms with van der Waals surface area (Å²) < 4.78 is 5.98. The summed E-state index contributed by atoms with van der Waals surface area (Å²) in [5, 5.41) is 2.73. The van der Waals surface area contributed by atoms with Gasteiger partial charge in [0.2, 0.25) is 0 Å². The van der Waals surface area contributed by atoms with Crippen LogP contribution in [-0.4, -0.2) is 12.7 Å². The van der Waals surface area contributed by atoms with Crippen LogP contribution in [0.3, 0.4) is 0 Å². The minimum absolute atomic E-state index is 0.0181. The highest BCUT2D eigenvalue weighted by atomic mass is 127. The van der Waals surface area contributed by atoms with Gasteiger partial charge in [-0.2, -0.15) is 0 Å². The second-order valence-corrected chi connectivity index (χ2v) is 4.09. The first-order chi connectivity index (χ1) is 6.25. The molecule has 2 rings (SSSR count). The van der Waals surface area contributed by atoms with E-state index < -0.39 is 0 Å². The van der Waals surface area contributed by atoms with Gasteiger partial charge in [0.05, 0.1) is 6.04 Å². The first-order valence-electron chi connectivity index (χ1n) is 3.94. The monoisotopic (exact) mass is 289 g/mol. The van der Waals surface area contributed by atoms with E-state index in [1.54, 1.807) is 0 Å². The minimum Gasteiger partial charge on any atom is -0.447 e. The van der Waals surface area contributed by atoms with Crippen LogP contribution in [0.5, 0.6) is 0 Å². The predicted octanol–water partition coefficient (Wildman–Crippen LogP) is 2.07. The van der Waals surface area contributed by atoms with Gasteiger partial charge in [0.1, 0.15) is 6.61 Å². The van der Waals surface area contributed by atoms with E-state index in [2.05, 4.69) is 27.9 Å². The summed E-state index contributed by atoms with van der Waals surface area (Å²) in [4.78, 5) is 10.8. The zero-order valence-electron chi connectivity index (χ0n) is 6.79.